The first-order chi connectivity index (χ1) is 9.86. The molecule has 2 heterocycles. The van der Waals surface area contributed by atoms with Crippen molar-refractivity contribution in [2.45, 2.75) is 31.5 Å². The number of fused-ring (bicyclic) bond motifs is 1. The van der Waals surface area contributed by atoms with E-state index >= 15 is 0 Å². The normalized spacial score (nSPS) is 18.6. The summed E-state index contributed by atoms with van der Waals surface area (Å²) in [6.45, 7) is 0.628. The zero-order valence-electron chi connectivity index (χ0n) is 10.9. The van der Waals surface area contributed by atoms with Gasteiger partial charge in [0.05, 0.1) is 5.56 Å². The zero-order chi connectivity index (χ0) is 15.2. The molecule has 0 aliphatic carbocycles. The van der Waals surface area contributed by atoms with Crippen LogP contribution >= 0.6 is 0 Å². The monoisotopic (exact) mass is 300 g/mol. The maximum atomic E-state index is 13.4. The number of hydrogen-bond acceptors (Lipinski definition) is 3. The van der Waals surface area contributed by atoms with Crippen LogP contribution in [-0.4, -0.2) is 14.8 Å². The Labute approximate surface area is 117 Å². The largest absolute Gasteiger partial charge is 0.419 e. The van der Waals surface area contributed by atoms with Crippen LogP contribution in [0.3, 0.4) is 0 Å². The van der Waals surface area contributed by atoms with E-state index in [0.29, 0.717) is 24.4 Å². The van der Waals surface area contributed by atoms with Crippen molar-refractivity contribution in [3.63, 3.8) is 0 Å². The molecule has 2 aromatic rings. The summed E-state index contributed by atoms with van der Waals surface area (Å²) in [7, 11) is 0. The van der Waals surface area contributed by atoms with Gasteiger partial charge in [0.25, 0.3) is 0 Å². The predicted octanol–water partition coefficient (Wildman–Crippen LogP) is 2.94. The van der Waals surface area contributed by atoms with E-state index in [1.807, 2.05) is 0 Å². The molecule has 0 saturated carbocycles. The highest BCUT2D eigenvalue weighted by Crippen LogP contribution is 2.37. The van der Waals surface area contributed by atoms with Gasteiger partial charge in [-0.05, 0) is 30.5 Å². The fourth-order valence-electron chi connectivity index (χ4n) is 2.66. The van der Waals surface area contributed by atoms with Gasteiger partial charge in [-0.1, -0.05) is 6.07 Å². The number of aromatic nitrogens is 3. The quantitative estimate of drug-likeness (QED) is 0.824. The number of nitrogens with zero attached hydrogens (tertiary/aromatic N) is 3. The molecular weight excluding hydrogens is 288 g/mol. The Bertz CT molecular complexity index is 677. The second kappa shape index (κ2) is 4.71. The molecule has 8 heteroatoms. The van der Waals surface area contributed by atoms with E-state index in [1.54, 1.807) is 4.68 Å². The molecule has 21 heavy (non-hydrogen) atoms. The second-order valence-corrected chi connectivity index (χ2v) is 4.98. The van der Waals surface area contributed by atoms with Crippen LogP contribution in [0.15, 0.2) is 18.2 Å². The van der Waals surface area contributed by atoms with Crippen molar-refractivity contribution in [3.05, 3.63) is 41.0 Å². The molecule has 0 saturated heterocycles. The number of anilines is 1. The summed E-state index contributed by atoms with van der Waals surface area (Å²) >= 11 is 0. The van der Waals surface area contributed by atoms with Gasteiger partial charge in [-0.25, -0.2) is 9.07 Å². The SMILES string of the molecule is Nc1nc2n(n1)CCC[C@@H]2c1ccc(F)c(C(F)(F)F)c1. The summed E-state index contributed by atoms with van der Waals surface area (Å²) < 4.78 is 53.4. The number of hydrogen-bond donors (Lipinski definition) is 1. The van der Waals surface area contributed by atoms with Crippen molar-refractivity contribution < 1.29 is 17.6 Å². The van der Waals surface area contributed by atoms with Gasteiger partial charge in [0, 0.05) is 12.5 Å². The molecule has 0 amide bonds. The van der Waals surface area contributed by atoms with Gasteiger partial charge < -0.3 is 5.73 Å². The smallest absolute Gasteiger partial charge is 0.366 e. The topological polar surface area (TPSA) is 56.7 Å². The van der Waals surface area contributed by atoms with Crippen LogP contribution in [0.2, 0.25) is 0 Å². The summed E-state index contributed by atoms with van der Waals surface area (Å²) in [4.78, 5) is 4.08. The van der Waals surface area contributed by atoms with Gasteiger partial charge in [-0.3, -0.25) is 0 Å². The Morgan fingerprint density at radius 2 is 2.05 bits per heavy atom. The highest BCUT2D eigenvalue weighted by Gasteiger charge is 2.35. The lowest BCUT2D eigenvalue weighted by atomic mass is 9.90. The molecule has 1 atom stereocenters. The van der Waals surface area contributed by atoms with E-state index in [-0.39, 0.29) is 11.9 Å². The highest BCUT2D eigenvalue weighted by molar-refractivity contribution is 5.34. The maximum absolute atomic E-state index is 13.4. The van der Waals surface area contributed by atoms with Crippen LogP contribution in [0.25, 0.3) is 0 Å². The molecule has 4 nitrogen and oxygen atoms in total. The van der Waals surface area contributed by atoms with E-state index in [9.17, 15) is 17.6 Å². The minimum absolute atomic E-state index is 0.0926. The van der Waals surface area contributed by atoms with Gasteiger partial charge in [-0.2, -0.15) is 18.2 Å². The molecule has 2 N–H and O–H groups in total. The second-order valence-electron chi connectivity index (χ2n) is 4.98. The zero-order valence-corrected chi connectivity index (χ0v) is 10.9. The van der Waals surface area contributed by atoms with Crippen molar-refractivity contribution in [2.24, 2.45) is 0 Å². The summed E-state index contributed by atoms with van der Waals surface area (Å²) in [5.41, 5.74) is 4.65. The third-order valence-electron chi connectivity index (χ3n) is 3.59. The Morgan fingerprint density at radius 3 is 2.76 bits per heavy atom. The van der Waals surface area contributed by atoms with Crippen LogP contribution in [0.4, 0.5) is 23.5 Å². The standard InChI is InChI=1S/C13H12F4N4/c14-10-4-3-7(6-9(10)13(15,16)17)8-2-1-5-21-11(8)19-12(18)20-21/h3-4,6,8H,1-2,5H2,(H2,18,20)/t8-/m1/s1. The first-order valence-corrected chi connectivity index (χ1v) is 6.43. The van der Waals surface area contributed by atoms with Crippen molar-refractivity contribution >= 4 is 5.95 Å². The number of nitrogen functional groups attached to an aromatic ring is 1. The highest BCUT2D eigenvalue weighted by atomic mass is 19.4. The molecule has 1 aliphatic heterocycles. The van der Waals surface area contributed by atoms with Crippen LogP contribution in [0.1, 0.15) is 35.7 Å². The van der Waals surface area contributed by atoms with E-state index in [2.05, 4.69) is 10.1 Å². The minimum atomic E-state index is -4.72. The van der Waals surface area contributed by atoms with Crippen LogP contribution < -0.4 is 5.73 Å². The van der Waals surface area contributed by atoms with Gasteiger partial charge in [0.2, 0.25) is 5.95 Å². The van der Waals surface area contributed by atoms with Gasteiger partial charge >= 0.3 is 6.18 Å². The van der Waals surface area contributed by atoms with Crippen molar-refractivity contribution in [1.29, 1.82) is 0 Å². The molecule has 1 aliphatic rings. The fraction of sp³-hybridized carbons (Fsp3) is 0.385. The van der Waals surface area contributed by atoms with Gasteiger partial charge in [0.15, 0.2) is 0 Å². The maximum Gasteiger partial charge on any atom is 0.419 e. The van der Waals surface area contributed by atoms with Crippen LogP contribution in [0, 0.1) is 5.82 Å². The lowest BCUT2D eigenvalue weighted by molar-refractivity contribution is -0.140. The molecule has 3 rings (SSSR count). The van der Waals surface area contributed by atoms with Gasteiger partial charge in [-0.15, -0.1) is 5.10 Å². The van der Waals surface area contributed by atoms with Crippen LogP contribution in [-0.2, 0) is 12.7 Å². The number of benzene rings is 1. The number of halogens is 4. The Morgan fingerprint density at radius 1 is 1.29 bits per heavy atom. The number of nitrogens with two attached hydrogens (primary N) is 1. The van der Waals surface area contributed by atoms with Gasteiger partial charge in [0.1, 0.15) is 11.6 Å². The van der Waals surface area contributed by atoms with E-state index in [4.69, 9.17) is 5.73 Å². The number of rotatable bonds is 1. The summed E-state index contributed by atoms with van der Waals surface area (Å²) in [5.74, 6) is -1.01. The van der Waals surface area contributed by atoms with Crippen LogP contribution in [0.5, 0.6) is 0 Å². The third kappa shape index (κ3) is 2.45. The molecule has 0 unspecified atom stereocenters. The molecule has 0 spiro atoms. The average Bonchev–Trinajstić information content (AvgIpc) is 2.78. The van der Waals surface area contributed by atoms with E-state index < -0.39 is 17.6 Å². The number of aryl methyl sites for hydroxylation is 1. The Hall–Kier alpha value is -2.12. The molecule has 1 aromatic heterocycles. The first-order valence-electron chi connectivity index (χ1n) is 6.43. The summed E-state index contributed by atoms with van der Waals surface area (Å²) in [5, 5.41) is 4.00. The van der Waals surface area contributed by atoms with E-state index in [0.717, 1.165) is 18.6 Å². The first kappa shape index (κ1) is 13.8. The average molecular weight is 300 g/mol. The summed E-state index contributed by atoms with van der Waals surface area (Å²) in [6, 6.07) is 3.05. The minimum Gasteiger partial charge on any atom is -0.366 e. The molecule has 0 fully saturated rings. The van der Waals surface area contributed by atoms with Crippen molar-refractivity contribution in [1.82, 2.24) is 14.8 Å². The Balaban J connectivity index is 2.06. The van der Waals surface area contributed by atoms with Crippen molar-refractivity contribution in [2.75, 3.05) is 5.73 Å². The third-order valence-corrected chi connectivity index (χ3v) is 3.59. The molecule has 1 aromatic carbocycles. The summed E-state index contributed by atoms with van der Waals surface area (Å²) in [6.07, 6.45) is -3.35. The lowest BCUT2D eigenvalue weighted by Gasteiger charge is -2.23. The predicted molar refractivity (Wildman–Crippen MR) is 66.9 cm³/mol. The molecular formula is C13H12F4N4. The number of alkyl halides is 3. The fourth-order valence-corrected chi connectivity index (χ4v) is 2.66. The Kier molecular flexibility index (Phi) is 3.11. The lowest BCUT2D eigenvalue weighted by Crippen LogP contribution is -2.19. The van der Waals surface area contributed by atoms with E-state index in [1.165, 1.54) is 6.07 Å². The molecule has 112 valence electrons. The molecule has 0 radical (unpaired) electrons. The van der Waals surface area contributed by atoms with Crippen molar-refractivity contribution in [3.8, 4) is 0 Å². The molecule has 0 bridgehead atoms.